The zero-order valence-electron chi connectivity index (χ0n) is 15.3. The first-order chi connectivity index (χ1) is 13.5. The van der Waals surface area contributed by atoms with Crippen LogP contribution in [0, 0.1) is 15.9 Å². The number of carbonyl (C=O) groups excluding carboxylic acids is 1. The highest BCUT2D eigenvalue weighted by molar-refractivity contribution is 5.77. The van der Waals surface area contributed by atoms with E-state index in [4.69, 9.17) is 9.47 Å². The molecular weight excluding hydrogens is 367 g/mol. The summed E-state index contributed by atoms with van der Waals surface area (Å²) in [6.07, 6.45) is 1.82. The van der Waals surface area contributed by atoms with Gasteiger partial charge in [0.05, 0.1) is 11.0 Å². The summed E-state index contributed by atoms with van der Waals surface area (Å²) in [4.78, 5) is 24.5. The van der Waals surface area contributed by atoms with Gasteiger partial charge >= 0.3 is 0 Å². The van der Waals surface area contributed by atoms with Crippen LogP contribution in [0.2, 0.25) is 0 Å². The molecule has 2 aromatic rings. The zero-order valence-corrected chi connectivity index (χ0v) is 15.3. The fraction of sp³-hybridized carbons (Fsp3) is 0.350. The van der Waals surface area contributed by atoms with E-state index in [9.17, 15) is 19.3 Å². The van der Waals surface area contributed by atoms with Crippen molar-refractivity contribution in [3.63, 3.8) is 0 Å². The number of amides is 1. The van der Waals surface area contributed by atoms with Gasteiger partial charge in [0.25, 0.3) is 11.6 Å². The first-order valence-electron chi connectivity index (χ1n) is 9.02. The number of halogens is 1. The molecule has 0 saturated carbocycles. The van der Waals surface area contributed by atoms with Crippen molar-refractivity contribution in [3.8, 4) is 5.75 Å². The van der Waals surface area contributed by atoms with Crippen LogP contribution in [0.3, 0.4) is 0 Å². The van der Waals surface area contributed by atoms with E-state index in [0.717, 1.165) is 18.4 Å². The Balaban J connectivity index is 1.62. The summed E-state index contributed by atoms with van der Waals surface area (Å²) >= 11 is 0. The largest absolute Gasteiger partial charge is 0.484 e. The van der Waals surface area contributed by atoms with Crippen LogP contribution in [-0.4, -0.2) is 41.6 Å². The minimum atomic E-state index is -0.499. The maximum Gasteiger partial charge on any atom is 0.269 e. The normalized spacial score (nSPS) is 16.0. The van der Waals surface area contributed by atoms with E-state index in [1.165, 1.54) is 36.4 Å². The van der Waals surface area contributed by atoms with E-state index in [-0.39, 0.29) is 30.1 Å². The van der Waals surface area contributed by atoms with Crippen LogP contribution in [0.4, 0.5) is 10.1 Å². The highest BCUT2D eigenvalue weighted by Crippen LogP contribution is 2.19. The Morgan fingerprint density at radius 2 is 1.93 bits per heavy atom. The number of carbonyl (C=O) groups is 1. The average molecular weight is 388 g/mol. The predicted octanol–water partition coefficient (Wildman–Crippen LogP) is 3.32. The molecule has 8 heteroatoms. The van der Waals surface area contributed by atoms with E-state index in [1.54, 1.807) is 17.0 Å². The molecule has 1 fully saturated rings. The van der Waals surface area contributed by atoms with Crippen LogP contribution in [-0.2, 0) is 16.1 Å². The van der Waals surface area contributed by atoms with Gasteiger partial charge < -0.3 is 14.4 Å². The second kappa shape index (κ2) is 9.27. The summed E-state index contributed by atoms with van der Waals surface area (Å²) in [5.41, 5.74) is 0.762. The molecule has 0 aromatic heterocycles. The van der Waals surface area contributed by atoms with Crippen molar-refractivity contribution in [2.75, 3.05) is 19.8 Å². The van der Waals surface area contributed by atoms with Crippen LogP contribution >= 0.6 is 0 Å². The third-order valence-corrected chi connectivity index (χ3v) is 4.50. The van der Waals surface area contributed by atoms with Gasteiger partial charge in [0.2, 0.25) is 0 Å². The van der Waals surface area contributed by atoms with Gasteiger partial charge in [0.1, 0.15) is 11.6 Å². The maximum atomic E-state index is 13.1. The topological polar surface area (TPSA) is 81.9 Å². The van der Waals surface area contributed by atoms with E-state index in [0.29, 0.717) is 25.4 Å². The molecule has 3 rings (SSSR count). The van der Waals surface area contributed by atoms with E-state index in [1.807, 2.05) is 0 Å². The Bertz CT molecular complexity index is 804. The summed E-state index contributed by atoms with van der Waals surface area (Å²) in [6, 6.07) is 11.6. The first-order valence-corrected chi connectivity index (χ1v) is 9.02. The molecule has 1 aliphatic heterocycles. The predicted molar refractivity (Wildman–Crippen MR) is 99.4 cm³/mol. The molecule has 1 unspecified atom stereocenters. The Hall–Kier alpha value is -3.00. The number of nitrogens with zero attached hydrogens (tertiary/aromatic N) is 2. The third kappa shape index (κ3) is 5.50. The van der Waals surface area contributed by atoms with Crippen LogP contribution < -0.4 is 4.74 Å². The molecule has 1 saturated heterocycles. The molecular formula is C20H21FN2O5. The second-order valence-electron chi connectivity index (χ2n) is 6.58. The standard InChI is InChI=1S/C20H21FN2O5/c21-16-5-3-15(4-6-16)12-22(13-19-2-1-11-27-19)20(24)14-28-18-9-7-17(8-10-18)23(25)26/h3-10,19H,1-2,11-14H2. The van der Waals surface area contributed by atoms with Crippen molar-refractivity contribution in [3.05, 3.63) is 70.0 Å². The highest BCUT2D eigenvalue weighted by Gasteiger charge is 2.23. The molecule has 28 heavy (non-hydrogen) atoms. The summed E-state index contributed by atoms with van der Waals surface area (Å²) < 4.78 is 24.3. The maximum absolute atomic E-state index is 13.1. The average Bonchev–Trinajstić information content (AvgIpc) is 3.20. The number of rotatable bonds is 8. The number of non-ortho nitro benzene ring substituents is 1. The molecule has 1 amide bonds. The number of nitro benzene ring substituents is 1. The molecule has 0 spiro atoms. The first kappa shape index (κ1) is 19.8. The zero-order chi connectivity index (χ0) is 19.9. The summed E-state index contributed by atoms with van der Waals surface area (Å²) in [5, 5.41) is 10.7. The smallest absolute Gasteiger partial charge is 0.269 e. The molecule has 0 aliphatic carbocycles. The quantitative estimate of drug-likeness (QED) is 0.512. The number of hydrogen-bond donors (Lipinski definition) is 0. The monoisotopic (exact) mass is 388 g/mol. The van der Waals surface area contributed by atoms with Gasteiger partial charge in [-0.1, -0.05) is 12.1 Å². The van der Waals surface area contributed by atoms with Crippen molar-refractivity contribution in [2.24, 2.45) is 0 Å². The minimum absolute atomic E-state index is 0.0243. The summed E-state index contributed by atoms with van der Waals surface area (Å²) in [6.45, 7) is 1.23. The minimum Gasteiger partial charge on any atom is -0.484 e. The van der Waals surface area contributed by atoms with Gasteiger partial charge in [-0.05, 0) is 42.7 Å². The molecule has 148 valence electrons. The number of benzene rings is 2. The van der Waals surface area contributed by atoms with Gasteiger partial charge in [-0.25, -0.2) is 4.39 Å². The fourth-order valence-corrected chi connectivity index (χ4v) is 3.00. The number of ether oxygens (including phenoxy) is 2. The van der Waals surface area contributed by atoms with E-state index < -0.39 is 4.92 Å². The SMILES string of the molecule is O=C(COc1ccc([N+](=O)[O-])cc1)N(Cc1ccc(F)cc1)CC1CCCO1. The molecule has 1 atom stereocenters. The molecule has 2 aromatic carbocycles. The lowest BCUT2D eigenvalue weighted by Crippen LogP contribution is -2.39. The van der Waals surface area contributed by atoms with Gasteiger partial charge in [-0.3, -0.25) is 14.9 Å². The Labute approximate surface area is 161 Å². The Kier molecular flexibility index (Phi) is 6.54. The summed E-state index contributed by atoms with van der Waals surface area (Å²) in [7, 11) is 0. The molecule has 0 N–H and O–H groups in total. The van der Waals surface area contributed by atoms with Crippen molar-refractivity contribution >= 4 is 11.6 Å². The molecule has 1 aliphatic rings. The van der Waals surface area contributed by atoms with Crippen molar-refractivity contribution in [1.29, 1.82) is 0 Å². The Morgan fingerprint density at radius 3 is 2.54 bits per heavy atom. The van der Waals surface area contributed by atoms with Crippen molar-refractivity contribution < 1.29 is 23.6 Å². The highest BCUT2D eigenvalue weighted by atomic mass is 19.1. The van der Waals surface area contributed by atoms with Crippen LogP contribution in [0.1, 0.15) is 18.4 Å². The van der Waals surface area contributed by atoms with Gasteiger partial charge in [-0.15, -0.1) is 0 Å². The lowest BCUT2D eigenvalue weighted by Gasteiger charge is -2.25. The van der Waals surface area contributed by atoms with Crippen LogP contribution in [0.25, 0.3) is 0 Å². The molecule has 0 radical (unpaired) electrons. The lowest BCUT2D eigenvalue weighted by atomic mass is 10.1. The van der Waals surface area contributed by atoms with Crippen LogP contribution in [0.15, 0.2) is 48.5 Å². The van der Waals surface area contributed by atoms with Crippen molar-refractivity contribution in [2.45, 2.75) is 25.5 Å². The molecule has 1 heterocycles. The number of hydrogen-bond acceptors (Lipinski definition) is 5. The van der Waals surface area contributed by atoms with E-state index >= 15 is 0 Å². The molecule has 7 nitrogen and oxygen atoms in total. The van der Waals surface area contributed by atoms with Crippen LogP contribution in [0.5, 0.6) is 5.75 Å². The fourth-order valence-electron chi connectivity index (χ4n) is 3.00. The lowest BCUT2D eigenvalue weighted by molar-refractivity contribution is -0.384. The number of nitro groups is 1. The third-order valence-electron chi connectivity index (χ3n) is 4.50. The van der Waals surface area contributed by atoms with E-state index in [2.05, 4.69) is 0 Å². The second-order valence-corrected chi connectivity index (χ2v) is 6.58. The Morgan fingerprint density at radius 1 is 1.21 bits per heavy atom. The van der Waals surface area contributed by atoms with Gasteiger partial charge in [0.15, 0.2) is 6.61 Å². The molecule has 0 bridgehead atoms. The van der Waals surface area contributed by atoms with Gasteiger partial charge in [0, 0.05) is 31.8 Å². The summed E-state index contributed by atoms with van der Waals surface area (Å²) in [5.74, 6) is -0.196. The van der Waals surface area contributed by atoms with Gasteiger partial charge in [-0.2, -0.15) is 0 Å². The van der Waals surface area contributed by atoms with Crippen molar-refractivity contribution in [1.82, 2.24) is 4.90 Å².